The van der Waals surface area contributed by atoms with Crippen LogP contribution in [0.1, 0.15) is 15.9 Å². The number of ether oxygens (including phenoxy) is 1. The van der Waals surface area contributed by atoms with Gasteiger partial charge in [-0.15, -0.1) is 0 Å². The normalized spacial score (nSPS) is 10.1. The summed E-state index contributed by atoms with van der Waals surface area (Å²) in [5.74, 6) is -0.184. The Balaban J connectivity index is 2.12. The Bertz CT molecular complexity index is 598. The standard InChI is InChI=1S/C15H15NO4/c1-20-14-9-11(7-8-13(14)17)10-16(19)15(18)12-5-3-2-4-6-12/h2-9,17,19H,10H2,1H3. The number of hydrogen-bond donors (Lipinski definition) is 2. The fourth-order valence-corrected chi connectivity index (χ4v) is 1.79. The van der Waals surface area contributed by atoms with E-state index in [4.69, 9.17) is 4.74 Å². The maximum absolute atomic E-state index is 12.0. The molecule has 5 heteroatoms. The van der Waals surface area contributed by atoms with Crippen molar-refractivity contribution in [1.29, 1.82) is 0 Å². The zero-order valence-electron chi connectivity index (χ0n) is 11.0. The monoisotopic (exact) mass is 273 g/mol. The van der Waals surface area contributed by atoms with Crippen molar-refractivity contribution >= 4 is 5.91 Å². The molecule has 0 saturated carbocycles. The summed E-state index contributed by atoms with van der Waals surface area (Å²) in [5.41, 5.74) is 1.05. The van der Waals surface area contributed by atoms with Crippen LogP contribution in [0.5, 0.6) is 11.5 Å². The maximum Gasteiger partial charge on any atom is 0.277 e. The van der Waals surface area contributed by atoms with Crippen LogP contribution < -0.4 is 4.74 Å². The van der Waals surface area contributed by atoms with E-state index < -0.39 is 5.91 Å². The summed E-state index contributed by atoms with van der Waals surface area (Å²) >= 11 is 0. The smallest absolute Gasteiger partial charge is 0.277 e. The summed E-state index contributed by atoms with van der Waals surface area (Å²) in [6.45, 7) is 0.00433. The number of carbonyl (C=O) groups is 1. The van der Waals surface area contributed by atoms with Crippen molar-refractivity contribution in [2.75, 3.05) is 7.11 Å². The van der Waals surface area contributed by atoms with Crippen LogP contribution >= 0.6 is 0 Å². The lowest BCUT2D eigenvalue weighted by atomic mass is 10.1. The highest BCUT2D eigenvalue weighted by Crippen LogP contribution is 2.26. The number of carbonyl (C=O) groups excluding carboxylic acids is 1. The number of phenols is 1. The summed E-state index contributed by atoms with van der Waals surface area (Å²) in [4.78, 5) is 12.0. The van der Waals surface area contributed by atoms with Crippen LogP contribution in [0.2, 0.25) is 0 Å². The first kappa shape index (κ1) is 13.9. The molecule has 0 fully saturated rings. The van der Waals surface area contributed by atoms with E-state index in [0.717, 1.165) is 0 Å². The molecule has 0 aliphatic rings. The van der Waals surface area contributed by atoms with Crippen molar-refractivity contribution < 1.29 is 19.8 Å². The van der Waals surface area contributed by atoms with Crippen LogP contribution in [0, 0.1) is 0 Å². The molecule has 0 spiro atoms. The fourth-order valence-electron chi connectivity index (χ4n) is 1.79. The van der Waals surface area contributed by atoms with Gasteiger partial charge in [0.15, 0.2) is 11.5 Å². The van der Waals surface area contributed by atoms with Gasteiger partial charge in [-0.2, -0.15) is 0 Å². The molecule has 0 atom stereocenters. The minimum absolute atomic E-state index is 0.00433. The van der Waals surface area contributed by atoms with Gasteiger partial charge in [0.05, 0.1) is 13.7 Å². The van der Waals surface area contributed by atoms with Gasteiger partial charge in [-0.1, -0.05) is 24.3 Å². The second-order valence-corrected chi connectivity index (χ2v) is 4.24. The predicted molar refractivity (Wildman–Crippen MR) is 72.8 cm³/mol. The Morgan fingerprint density at radius 3 is 2.55 bits per heavy atom. The Morgan fingerprint density at radius 1 is 1.20 bits per heavy atom. The average molecular weight is 273 g/mol. The fraction of sp³-hybridized carbons (Fsp3) is 0.133. The van der Waals surface area contributed by atoms with Gasteiger partial charge >= 0.3 is 0 Å². The van der Waals surface area contributed by atoms with Crippen molar-refractivity contribution in [3.63, 3.8) is 0 Å². The van der Waals surface area contributed by atoms with Crippen molar-refractivity contribution in [3.05, 3.63) is 59.7 Å². The molecule has 2 aromatic carbocycles. The minimum Gasteiger partial charge on any atom is -0.504 e. The summed E-state index contributed by atoms with van der Waals surface area (Å²) in [7, 11) is 1.44. The molecule has 0 bridgehead atoms. The molecule has 0 aromatic heterocycles. The van der Waals surface area contributed by atoms with Crippen molar-refractivity contribution in [2.45, 2.75) is 6.54 Å². The highest BCUT2D eigenvalue weighted by atomic mass is 16.5. The highest BCUT2D eigenvalue weighted by molar-refractivity contribution is 5.93. The zero-order chi connectivity index (χ0) is 14.5. The zero-order valence-corrected chi connectivity index (χ0v) is 11.0. The number of benzene rings is 2. The third-order valence-electron chi connectivity index (χ3n) is 2.83. The summed E-state index contributed by atoms with van der Waals surface area (Å²) in [5, 5.41) is 20.0. The number of rotatable bonds is 4. The lowest BCUT2D eigenvalue weighted by Crippen LogP contribution is -2.26. The Labute approximate surface area is 116 Å². The largest absolute Gasteiger partial charge is 0.504 e. The Kier molecular flexibility index (Phi) is 4.22. The lowest BCUT2D eigenvalue weighted by molar-refractivity contribution is -0.0648. The highest BCUT2D eigenvalue weighted by Gasteiger charge is 2.14. The Morgan fingerprint density at radius 2 is 1.90 bits per heavy atom. The van der Waals surface area contributed by atoms with Crippen molar-refractivity contribution in [2.24, 2.45) is 0 Å². The quantitative estimate of drug-likeness (QED) is 0.663. The summed E-state index contributed by atoms with van der Waals surface area (Å²) in [6, 6.07) is 13.1. The molecular formula is C15H15NO4. The topological polar surface area (TPSA) is 70.0 Å². The first-order chi connectivity index (χ1) is 9.61. The van der Waals surface area contributed by atoms with E-state index in [2.05, 4.69) is 0 Å². The second kappa shape index (κ2) is 6.08. The van der Waals surface area contributed by atoms with Gasteiger partial charge in [0.1, 0.15) is 0 Å². The van der Waals surface area contributed by atoms with Crippen LogP contribution in [0.4, 0.5) is 0 Å². The van der Waals surface area contributed by atoms with E-state index in [1.165, 1.54) is 13.2 Å². The van der Waals surface area contributed by atoms with E-state index in [1.54, 1.807) is 42.5 Å². The molecule has 2 N–H and O–H groups in total. The molecule has 2 rings (SSSR count). The van der Waals surface area contributed by atoms with Crippen LogP contribution in [0.25, 0.3) is 0 Å². The number of phenolic OH excluding ortho intramolecular Hbond substituents is 1. The molecule has 20 heavy (non-hydrogen) atoms. The summed E-state index contributed by atoms with van der Waals surface area (Å²) in [6.07, 6.45) is 0. The molecule has 0 heterocycles. The maximum atomic E-state index is 12.0. The Hall–Kier alpha value is -2.53. The van der Waals surface area contributed by atoms with E-state index in [9.17, 15) is 15.1 Å². The second-order valence-electron chi connectivity index (χ2n) is 4.24. The third kappa shape index (κ3) is 3.07. The molecule has 0 unspecified atom stereocenters. The van der Waals surface area contributed by atoms with Crippen LogP contribution in [0.3, 0.4) is 0 Å². The van der Waals surface area contributed by atoms with Crippen molar-refractivity contribution in [3.8, 4) is 11.5 Å². The lowest BCUT2D eigenvalue weighted by Gasteiger charge is -2.15. The van der Waals surface area contributed by atoms with Gasteiger partial charge in [-0.3, -0.25) is 10.0 Å². The average Bonchev–Trinajstić information content (AvgIpc) is 2.49. The van der Waals surface area contributed by atoms with Gasteiger partial charge in [0.25, 0.3) is 5.91 Å². The number of aromatic hydroxyl groups is 1. The molecule has 5 nitrogen and oxygen atoms in total. The SMILES string of the molecule is COc1cc(CN(O)C(=O)c2ccccc2)ccc1O. The van der Waals surface area contributed by atoms with Crippen LogP contribution in [-0.2, 0) is 6.54 Å². The number of amides is 1. The minimum atomic E-state index is -0.488. The van der Waals surface area contributed by atoms with E-state index in [1.807, 2.05) is 0 Å². The van der Waals surface area contributed by atoms with E-state index in [0.29, 0.717) is 21.9 Å². The number of methoxy groups -OCH3 is 1. The van der Waals surface area contributed by atoms with Gasteiger partial charge < -0.3 is 9.84 Å². The van der Waals surface area contributed by atoms with Crippen LogP contribution in [-0.4, -0.2) is 28.4 Å². The van der Waals surface area contributed by atoms with Crippen molar-refractivity contribution in [1.82, 2.24) is 5.06 Å². The number of hydrogen-bond acceptors (Lipinski definition) is 4. The third-order valence-corrected chi connectivity index (χ3v) is 2.83. The van der Waals surface area contributed by atoms with E-state index >= 15 is 0 Å². The number of hydroxylamine groups is 2. The molecular weight excluding hydrogens is 258 g/mol. The van der Waals surface area contributed by atoms with Gasteiger partial charge in [-0.05, 0) is 29.8 Å². The molecule has 1 amide bonds. The molecule has 0 radical (unpaired) electrons. The first-order valence-electron chi connectivity index (χ1n) is 6.03. The molecule has 2 aromatic rings. The first-order valence-corrected chi connectivity index (χ1v) is 6.03. The van der Waals surface area contributed by atoms with E-state index in [-0.39, 0.29) is 12.3 Å². The van der Waals surface area contributed by atoms with Gasteiger partial charge in [0.2, 0.25) is 0 Å². The van der Waals surface area contributed by atoms with Crippen LogP contribution in [0.15, 0.2) is 48.5 Å². The molecule has 0 saturated heterocycles. The van der Waals surface area contributed by atoms with Gasteiger partial charge in [-0.25, -0.2) is 5.06 Å². The summed E-state index contributed by atoms with van der Waals surface area (Å²) < 4.78 is 4.98. The number of nitrogens with zero attached hydrogens (tertiary/aromatic N) is 1. The van der Waals surface area contributed by atoms with Gasteiger partial charge in [0, 0.05) is 5.56 Å². The predicted octanol–water partition coefficient (Wildman–Crippen LogP) is 2.43. The molecule has 104 valence electrons. The molecule has 0 aliphatic heterocycles. The molecule has 0 aliphatic carbocycles.